The molecule has 1 unspecified atom stereocenters. The first-order valence-corrected chi connectivity index (χ1v) is 7.95. The van der Waals surface area contributed by atoms with Gasteiger partial charge in [-0.05, 0) is 55.9 Å². The smallest absolute Gasteiger partial charge is 0.236 e. The maximum Gasteiger partial charge on any atom is 0.236 e. The third-order valence-electron chi connectivity index (χ3n) is 4.71. The monoisotopic (exact) mass is 266 g/mol. The molecule has 1 heterocycles. The molecule has 3 nitrogen and oxygen atoms in total. The molecule has 1 atom stereocenters. The van der Waals surface area contributed by atoms with Gasteiger partial charge in [0.15, 0.2) is 0 Å². The maximum atomic E-state index is 12.2. The van der Waals surface area contributed by atoms with Crippen LogP contribution in [0.4, 0.5) is 0 Å². The number of nitrogens with zero attached hydrogens (tertiary/aromatic N) is 1. The van der Waals surface area contributed by atoms with Gasteiger partial charge in [-0.25, -0.2) is 0 Å². The van der Waals surface area contributed by atoms with E-state index in [4.69, 9.17) is 0 Å². The molecule has 0 aromatic carbocycles. The topological polar surface area (TPSA) is 32.3 Å². The van der Waals surface area contributed by atoms with Gasteiger partial charge in [-0.1, -0.05) is 20.8 Å². The van der Waals surface area contributed by atoms with Crippen molar-refractivity contribution in [2.24, 2.45) is 17.3 Å². The summed E-state index contributed by atoms with van der Waals surface area (Å²) in [7, 11) is 0. The normalized spacial score (nSPS) is 25.2. The van der Waals surface area contributed by atoms with Crippen LogP contribution < -0.4 is 5.32 Å². The largest absolute Gasteiger partial charge is 0.342 e. The Hall–Kier alpha value is -0.570. The number of likely N-dealkylation sites (tertiary alicyclic amines) is 1. The number of carbonyl (C=O) groups is 1. The first-order valence-electron chi connectivity index (χ1n) is 7.95. The summed E-state index contributed by atoms with van der Waals surface area (Å²) in [6, 6.07) is 0. The molecule has 2 rings (SSSR count). The highest BCUT2D eigenvalue weighted by Crippen LogP contribution is 2.34. The van der Waals surface area contributed by atoms with Crippen molar-refractivity contribution in [3.63, 3.8) is 0 Å². The standard InChI is InChI=1S/C16H30N2O/c1-16(2,3)14-5-4-9-18(10-8-14)15(19)12-17-11-13-6-7-13/h13-14,17H,4-12H2,1-3H3. The van der Waals surface area contributed by atoms with E-state index in [0.717, 1.165) is 44.3 Å². The van der Waals surface area contributed by atoms with Gasteiger partial charge >= 0.3 is 0 Å². The van der Waals surface area contributed by atoms with Crippen LogP contribution in [0, 0.1) is 17.3 Å². The molecule has 1 amide bonds. The van der Waals surface area contributed by atoms with Gasteiger partial charge in [0.05, 0.1) is 6.54 Å². The van der Waals surface area contributed by atoms with Gasteiger partial charge in [-0.2, -0.15) is 0 Å². The minimum Gasteiger partial charge on any atom is -0.342 e. The average Bonchev–Trinajstić information content (AvgIpc) is 3.13. The summed E-state index contributed by atoms with van der Waals surface area (Å²) in [5.74, 6) is 1.90. The van der Waals surface area contributed by atoms with Crippen molar-refractivity contribution in [2.75, 3.05) is 26.2 Å². The van der Waals surface area contributed by atoms with Crippen molar-refractivity contribution in [3.8, 4) is 0 Å². The predicted molar refractivity (Wildman–Crippen MR) is 79.0 cm³/mol. The van der Waals surface area contributed by atoms with E-state index in [9.17, 15) is 4.79 Å². The second kappa shape index (κ2) is 6.25. The number of hydrogen-bond acceptors (Lipinski definition) is 2. The molecule has 1 N–H and O–H groups in total. The lowest BCUT2D eigenvalue weighted by Crippen LogP contribution is -2.39. The SMILES string of the molecule is CC(C)(C)C1CCCN(C(=O)CNCC2CC2)CC1. The fourth-order valence-electron chi connectivity index (χ4n) is 3.03. The van der Waals surface area contributed by atoms with Crippen molar-refractivity contribution in [1.29, 1.82) is 0 Å². The molecule has 19 heavy (non-hydrogen) atoms. The molecule has 1 aliphatic heterocycles. The zero-order chi connectivity index (χ0) is 13.9. The fourth-order valence-corrected chi connectivity index (χ4v) is 3.03. The van der Waals surface area contributed by atoms with E-state index in [2.05, 4.69) is 31.0 Å². The lowest BCUT2D eigenvalue weighted by Gasteiger charge is -2.29. The highest BCUT2D eigenvalue weighted by molar-refractivity contribution is 5.78. The van der Waals surface area contributed by atoms with Gasteiger partial charge in [-0.15, -0.1) is 0 Å². The van der Waals surface area contributed by atoms with Gasteiger partial charge < -0.3 is 10.2 Å². The molecule has 0 bridgehead atoms. The summed E-state index contributed by atoms with van der Waals surface area (Å²) in [4.78, 5) is 14.2. The molecular weight excluding hydrogens is 236 g/mol. The molecule has 0 spiro atoms. The van der Waals surface area contributed by atoms with Crippen molar-refractivity contribution < 1.29 is 4.79 Å². The van der Waals surface area contributed by atoms with Crippen LogP contribution in [0.2, 0.25) is 0 Å². The van der Waals surface area contributed by atoms with E-state index >= 15 is 0 Å². The van der Waals surface area contributed by atoms with E-state index < -0.39 is 0 Å². The van der Waals surface area contributed by atoms with E-state index in [1.54, 1.807) is 0 Å². The van der Waals surface area contributed by atoms with Gasteiger partial charge in [0.2, 0.25) is 5.91 Å². The molecule has 3 heteroatoms. The first kappa shape index (κ1) is 14.8. The number of amides is 1. The molecule has 2 fully saturated rings. The molecule has 0 aromatic rings. The van der Waals surface area contributed by atoms with Gasteiger partial charge in [0, 0.05) is 13.1 Å². The third kappa shape index (κ3) is 4.79. The van der Waals surface area contributed by atoms with Crippen molar-refractivity contribution >= 4 is 5.91 Å². The van der Waals surface area contributed by atoms with E-state index in [1.807, 2.05) is 0 Å². The van der Waals surface area contributed by atoms with Crippen LogP contribution in [0.1, 0.15) is 52.9 Å². The second-order valence-electron chi connectivity index (χ2n) is 7.45. The lowest BCUT2D eigenvalue weighted by atomic mass is 9.77. The van der Waals surface area contributed by atoms with Gasteiger partial charge in [0.1, 0.15) is 0 Å². The third-order valence-corrected chi connectivity index (χ3v) is 4.71. The summed E-state index contributed by atoms with van der Waals surface area (Å²) in [6.07, 6.45) is 6.29. The second-order valence-corrected chi connectivity index (χ2v) is 7.45. The quantitative estimate of drug-likeness (QED) is 0.848. The Labute approximate surface area is 118 Å². The Kier molecular flexibility index (Phi) is 4.88. The van der Waals surface area contributed by atoms with E-state index in [1.165, 1.54) is 19.3 Å². The number of hydrogen-bond donors (Lipinski definition) is 1. The Balaban J connectivity index is 1.72. The molecule has 1 saturated carbocycles. The van der Waals surface area contributed by atoms with Crippen LogP contribution in [0.25, 0.3) is 0 Å². The highest BCUT2D eigenvalue weighted by atomic mass is 16.2. The fraction of sp³-hybridized carbons (Fsp3) is 0.938. The van der Waals surface area contributed by atoms with Crippen LogP contribution in [0.5, 0.6) is 0 Å². The number of nitrogens with one attached hydrogen (secondary N) is 1. The van der Waals surface area contributed by atoms with Crippen LogP contribution >= 0.6 is 0 Å². The molecule has 1 aliphatic carbocycles. The van der Waals surface area contributed by atoms with Gasteiger partial charge in [0.25, 0.3) is 0 Å². The highest BCUT2D eigenvalue weighted by Gasteiger charge is 2.28. The van der Waals surface area contributed by atoms with E-state index in [-0.39, 0.29) is 0 Å². The number of carbonyl (C=O) groups excluding carboxylic acids is 1. The summed E-state index contributed by atoms with van der Waals surface area (Å²) in [6.45, 7) is 10.5. The Morgan fingerprint density at radius 1 is 1.16 bits per heavy atom. The average molecular weight is 266 g/mol. The zero-order valence-electron chi connectivity index (χ0n) is 12.9. The summed E-state index contributed by atoms with van der Waals surface area (Å²) in [5.41, 5.74) is 0.378. The molecule has 0 radical (unpaired) electrons. The Morgan fingerprint density at radius 2 is 1.89 bits per heavy atom. The van der Waals surface area contributed by atoms with E-state index in [0.29, 0.717) is 17.9 Å². The molecular formula is C16H30N2O. The molecule has 1 saturated heterocycles. The van der Waals surface area contributed by atoms with Crippen LogP contribution in [-0.2, 0) is 4.79 Å². The summed E-state index contributed by atoms with van der Waals surface area (Å²) in [5, 5.41) is 3.32. The van der Waals surface area contributed by atoms with Crippen molar-refractivity contribution in [2.45, 2.75) is 52.9 Å². The Morgan fingerprint density at radius 3 is 2.53 bits per heavy atom. The van der Waals surface area contributed by atoms with Crippen molar-refractivity contribution in [1.82, 2.24) is 10.2 Å². The molecule has 0 aromatic heterocycles. The zero-order valence-corrected chi connectivity index (χ0v) is 12.9. The van der Waals surface area contributed by atoms with Crippen molar-refractivity contribution in [3.05, 3.63) is 0 Å². The Bertz CT molecular complexity index is 304. The van der Waals surface area contributed by atoms with Crippen LogP contribution in [0.15, 0.2) is 0 Å². The minimum absolute atomic E-state index is 0.301. The van der Waals surface area contributed by atoms with Gasteiger partial charge in [-0.3, -0.25) is 4.79 Å². The predicted octanol–water partition coefficient (Wildman–Crippen LogP) is 2.66. The minimum atomic E-state index is 0.301. The lowest BCUT2D eigenvalue weighted by molar-refractivity contribution is -0.130. The van der Waals surface area contributed by atoms with Crippen LogP contribution in [0.3, 0.4) is 0 Å². The molecule has 2 aliphatic rings. The summed E-state index contributed by atoms with van der Waals surface area (Å²) >= 11 is 0. The maximum absolute atomic E-state index is 12.2. The molecule has 110 valence electrons. The first-order chi connectivity index (χ1) is 8.97. The summed E-state index contributed by atoms with van der Waals surface area (Å²) < 4.78 is 0. The number of rotatable bonds is 4. The van der Waals surface area contributed by atoms with Crippen LogP contribution in [-0.4, -0.2) is 37.0 Å².